The lowest BCUT2D eigenvalue weighted by atomic mass is 9.45. The van der Waals surface area contributed by atoms with E-state index in [2.05, 4.69) is 6.92 Å². The van der Waals surface area contributed by atoms with Crippen LogP contribution in [0.1, 0.15) is 39.0 Å². The van der Waals surface area contributed by atoms with Gasteiger partial charge < -0.3 is 4.74 Å². The first-order valence-electron chi connectivity index (χ1n) is 6.24. The van der Waals surface area contributed by atoms with Crippen LogP contribution in [0.25, 0.3) is 0 Å². The Morgan fingerprint density at radius 3 is 2.33 bits per heavy atom. The molecule has 4 bridgehead atoms. The summed E-state index contributed by atoms with van der Waals surface area (Å²) >= 11 is 0. The van der Waals surface area contributed by atoms with Gasteiger partial charge in [-0.25, -0.2) is 0 Å². The van der Waals surface area contributed by atoms with E-state index in [0.717, 1.165) is 30.6 Å². The molecule has 0 aliphatic heterocycles. The second kappa shape index (κ2) is 2.99. The first kappa shape index (κ1) is 9.68. The van der Waals surface area contributed by atoms with E-state index in [1.54, 1.807) is 7.11 Å². The van der Waals surface area contributed by atoms with Crippen LogP contribution in [0.15, 0.2) is 0 Å². The molecule has 0 heterocycles. The molecule has 4 rings (SSSR count). The Kier molecular flexibility index (Phi) is 1.93. The summed E-state index contributed by atoms with van der Waals surface area (Å²) in [4.78, 5) is 12.1. The van der Waals surface area contributed by atoms with E-state index in [0.29, 0.717) is 5.92 Å². The first-order valence-corrected chi connectivity index (χ1v) is 6.24. The van der Waals surface area contributed by atoms with E-state index in [1.165, 1.54) is 19.3 Å². The van der Waals surface area contributed by atoms with E-state index >= 15 is 0 Å². The zero-order valence-electron chi connectivity index (χ0n) is 9.66. The Morgan fingerprint density at radius 1 is 1.20 bits per heavy atom. The van der Waals surface area contributed by atoms with Crippen molar-refractivity contribution < 1.29 is 9.53 Å². The molecule has 0 spiro atoms. The molecule has 84 valence electrons. The molecule has 4 aliphatic rings. The van der Waals surface area contributed by atoms with Crippen molar-refractivity contribution in [1.29, 1.82) is 0 Å². The molecule has 0 aromatic heterocycles. The predicted octanol–water partition coefficient (Wildman–Crippen LogP) is 2.62. The molecule has 15 heavy (non-hydrogen) atoms. The molecule has 0 N–H and O–H groups in total. The van der Waals surface area contributed by atoms with Crippen molar-refractivity contribution in [1.82, 2.24) is 0 Å². The Hall–Kier alpha value is -0.530. The fourth-order valence-corrected chi connectivity index (χ4v) is 4.85. The number of ether oxygens (including phenoxy) is 1. The van der Waals surface area contributed by atoms with Crippen LogP contribution in [0.2, 0.25) is 0 Å². The van der Waals surface area contributed by atoms with Gasteiger partial charge in [0, 0.05) is 0 Å². The van der Waals surface area contributed by atoms with Gasteiger partial charge in [-0.1, -0.05) is 6.92 Å². The summed E-state index contributed by atoms with van der Waals surface area (Å²) in [5.41, 5.74) is -0.0938. The number of hydrogen-bond acceptors (Lipinski definition) is 2. The van der Waals surface area contributed by atoms with Gasteiger partial charge in [0.25, 0.3) is 0 Å². The van der Waals surface area contributed by atoms with Crippen molar-refractivity contribution >= 4 is 5.97 Å². The number of carbonyl (C=O) groups excluding carboxylic acids is 1. The molecule has 0 radical (unpaired) electrons. The number of carbonyl (C=O) groups is 1. The van der Waals surface area contributed by atoms with Crippen molar-refractivity contribution in [2.24, 2.45) is 29.1 Å². The van der Waals surface area contributed by atoms with Crippen LogP contribution in [-0.2, 0) is 9.53 Å². The van der Waals surface area contributed by atoms with Crippen LogP contribution in [0, 0.1) is 29.1 Å². The van der Waals surface area contributed by atoms with Crippen LogP contribution >= 0.6 is 0 Å². The van der Waals surface area contributed by atoms with Crippen LogP contribution in [0.3, 0.4) is 0 Å². The standard InChI is InChI=1S/C13H20O2/c1-8-11-4-9-3-10(5-11)7-13(8,6-9)12(14)15-2/h8-11H,3-7H2,1-2H3/t8?,9-,10+,11?,13?. The smallest absolute Gasteiger partial charge is 0.312 e. The van der Waals surface area contributed by atoms with E-state index in [4.69, 9.17) is 4.74 Å². The Bertz CT molecular complexity index is 283. The van der Waals surface area contributed by atoms with Gasteiger partial charge >= 0.3 is 5.97 Å². The molecule has 3 unspecified atom stereocenters. The molecule has 0 aromatic rings. The second-order valence-corrected chi connectivity index (χ2v) is 6.04. The minimum Gasteiger partial charge on any atom is -0.469 e. The summed E-state index contributed by atoms with van der Waals surface area (Å²) in [6.07, 6.45) is 6.33. The maximum Gasteiger partial charge on any atom is 0.312 e. The SMILES string of the molecule is COC(=O)C12C[C@@H]3CC(C[C@@H](C3)C1)C2C. The third kappa shape index (κ3) is 1.14. The van der Waals surface area contributed by atoms with Gasteiger partial charge in [0.15, 0.2) is 0 Å². The molecule has 2 heteroatoms. The fourth-order valence-electron chi connectivity index (χ4n) is 4.85. The number of methoxy groups -OCH3 is 1. The lowest BCUT2D eigenvalue weighted by Gasteiger charge is -2.58. The largest absolute Gasteiger partial charge is 0.469 e. The highest BCUT2D eigenvalue weighted by Gasteiger charge is 2.59. The number of rotatable bonds is 1. The normalized spacial score (nSPS) is 51.9. The van der Waals surface area contributed by atoms with Gasteiger partial charge in [-0.05, 0) is 55.8 Å². The lowest BCUT2D eigenvalue weighted by Crippen LogP contribution is -2.55. The molecular formula is C13H20O2. The van der Waals surface area contributed by atoms with Gasteiger partial charge in [-0.15, -0.1) is 0 Å². The van der Waals surface area contributed by atoms with Gasteiger partial charge in [0.2, 0.25) is 0 Å². The Labute approximate surface area is 91.4 Å². The monoisotopic (exact) mass is 208 g/mol. The van der Waals surface area contributed by atoms with Crippen LogP contribution in [0.5, 0.6) is 0 Å². The lowest BCUT2D eigenvalue weighted by molar-refractivity contribution is -0.179. The van der Waals surface area contributed by atoms with Crippen LogP contribution in [0.4, 0.5) is 0 Å². The van der Waals surface area contributed by atoms with E-state index in [-0.39, 0.29) is 11.4 Å². The number of esters is 1. The molecule has 0 aromatic carbocycles. The van der Waals surface area contributed by atoms with Crippen LogP contribution < -0.4 is 0 Å². The van der Waals surface area contributed by atoms with E-state index in [9.17, 15) is 4.79 Å². The Balaban J connectivity index is 1.97. The van der Waals surface area contributed by atoms with Crippen LogP contribution in [-0.4, -0.2) is 13.1 Å². The highest BCUT2D eigenvalue weighted by molar-refractivity contribution is 5.77. The minimum atomic E-state index is -0.0938. The summed E-state index contributed by atoms with van der Waals surface area (Å²) in [5.74, 6) is 3.07. The molecule has 5 atom stereocenters. The van der Waals surface area contributed by atoms with Gasteiger partial charge in [0.05, 0.1) is 12.5 Å². The Morgan fingerprint density at radius 2 is 1.80 bits per heavy atom. The van der Waals surface area contributed by atoms with E-state index < -0.39 is 0 Å². The zero-order valence-corrected chi connectivity index (χ0v) is 9.66. The topological polar surface area (TPSA) is 26.3 Å². The summed E-state index contributed by atoms with van der Waals surface area (Å²) in [5, 5.41) is 0. The molecule has 4 saturated carbocycles. The summed E-state index contributed by atoms with van der Waals surface area (Å²) < 4.78 is 5.07. The zero-order chi connectivity index (χ0) is 10.6. The summed E-state index contributed by atoms with van der Waals surface area (Å²) in [6.45, 7) is 2.28. The average molecular weight is 208 g/mol. The second-order valence-electron chi connectivity index (χ2n) is 6.04. The maximum absolute atomic E-state index is 12.1. The average Bonchev–Trinajstić information content (AvgIpc) is 2.23. The fraction of sp³-hybridized carbons (Fsp3) is 0.923. The quantitative estimate of drug-likeness (QED) is 0.619. The molecular weight excluding hydrogens is 188 g/mol. The van der Waals surface area contributed by atoms with E-state index in [1.807, 2.05) is 0 Å². The molecule has 0 amide bonds. The summed E-state index contributed by atoms with van der Waals surface area (Å²) in [6, 6.07) is 0. The van der Waals surface area contributed by atoms with Gasteiger partial charge in [-0.3, -0.25) is 4.79 Å². The molecule has 4 aliphatic carbocycles. The third-order valence-electron chi connectivity index (χ3n) is 5.42. The molecule has 2 nitrogen and oxygen atoms in total. The van der Waals surface area contributed by atoms with Crippen molar-refractivity contribution in [2.45, 2.75) is 39.0 Å². The van der Waals surface area contributed by atoms with Crippen molar-refractivity contribution in [3.8, 4) is 0 Å². The number of hydrogen-bond donors (Lipinski definition) is 0. The highest BCUT2D eigenvalue weighted by Crippen LogP contribution is 2.63. The molecule has 4 fully saturated rings. The van der Waals surface area contributed by atoms with Gasteiger partial charge in [-0.2, -0.15) is 0 Å². The third-order valence-corrected chi connectivity index (χ3v) is 5.42. The van der Waals surface area contributed by atoms with Crippen molar-refractivity contribution in [3.63, 3.8) is 0 Å². The molecule has 0 saturated heterocycles. The summed E-state index contributed by atoms with van der Waals surface area (Å²) in [7, 11) is 1.55. The minimum absolute atomic E-state index is 0.0779. The van der Waals surface area contributed by atoms with Gasteiger partial charge in [0.1, 0.15) is 0 Å². The maximum atomic E-state index is 12.1. The van der Waals surface area contributed by atoms with Crippen molar-refractivity contribution in [3.05, 3.63) is 0 Å². The first-order chi connectivity index (χ1) is 7.15. The highest BCUT2D eigenvalue weighted by atomic mass is 16.5. The van der Waals surface area contributed by atoms with Crippen molar-refractivity contribution in [2.75, 3.05) is 7.11 Å². The predicted molar refractivity (Wildman–Crippen MR) is 57.2 cm³/mol.